The van der Waals surface area contributed by atoms with Crippen molar-refractivity contribution in [3.8, 4) is 11.3 Å². The van der Waals surface area contributed by atoms with Crippen LogP contribution in [0.1, 0.15) is 16.1 Å². The molecule has 0 saturated heterocycles. The van der Waals surface area contributed by atoms with Crippen molar-refractivity contribution in [2.75, 3.05) is 7.11 Å². The van der Waals surface area contributed by atoms with Crippen LogP contribution in [0.5, 0.6) is 0 Å². The Labute approximate surface area is 113 Å². The first-order valence-corrected chi connectivity index (χ1v) is 5.80. The highest BCUT2D eigenvalue weighted by atomic mass is 35.5. The number of nitrogens with zero attached hydrogens (tertiary/aromatic N) is 1. The summed E-state index contributed by atoms with van der Waals surface area (Å²) in [6.45, 7) is 1.63. The third kappa shape index (κ3) is 2.21. The molecule has 0 amide bonds. The molecule has 0 radical (unpaired) electrons. The van der Waals surface area contributed by atoms with Gasteiger partial charge in [-0.2, -0.15) is 0 Å². The van der Waals surface area contributed by atoms with E-state index in [2.05, 4.69) is 5.16 Å². The van der Waals surface area contributed by atoms with Gasteiger partial charge in [-0.05, 0) is 25.1 Å². The van der Waals surface area contributed by atoms with E-state index in [4.69, 9.17) is 32.5 Å². The second-order valence-corrected chi connectivity index (χ2v) is 4.42. The monoisotopic (exact) mass is 285 g/mol. The predicted octanol–water partition coefficient (Wildman–Crippen LogP) is 3.74. The van der Waals surface area contributed by atoms with Gasteiger partial charge in [-0.25, -0.2) is 4.79 Å². The molecule has 4 nitrogen and oxygen atoms in total. The van der Waals surface area contributed by atoms with E-state index in [1.165, 1.54) is 7.11 Å². The minimum atomic E-state index is -0.519. The topological polar surface area (TPSA) is 52.3 Å². The smallest absolute Gasteiger partial charge is 0.343 e. The highest BCUT2D eigenvalue weighted by Crippen LogP contribution is 2.33. The van der Waals surface area contributed by atoms with Gasteiger partial charge in [-0.1, -0.05) is 28.4 Å². The van der Waals surface area contributed by atoms with Gasteiger partial charge in [-0.3, -0.25) is 0 Å². The Morgan fingerprint density at radius 2 is 2.11 bits per heavy atom. The standard InChI is InChI=1S/C12H9Cl2NO3/c1-6-10(12(16)17-2)11(15-18-6)8-4-3-7(13)5-9(8)14/h3-5H,1-2H3. The van der Waals surface area contributed by atoms with Gasteiger partial charge in [0.25, 0.3) is 0 Å². The number of carbonyl (C=O) groups excluding carboxylic acids is 1. The van der Waals surface area contributed by atoms with Crippen LogP contribution >= 0.6 is 23.2 Å². The largest absolute Gasteiger partial charge is 0.465 e. The van der Waals surface area contributed by atoms with E-state index in [0.717, 1.165) is 0 Å². The van der Waals surface area contributed by atoms with Crippen molar-refractivity contribution in [3.05, 3.63) is 39.6 Å². The molecule has 0 atom stereocenters. The van der Waals surface area contributed by atoms with Gasteiger partial charge < -0.3 is 9.26 Å². The predicted molar refractivity (Wildman–Crippen MR) is 68.0 cm³/mol. The Balaban J connectivity index is 2.61. The first kappa shape index (κ1) is 12.9. The molecule has 2 rings (SSSR count). The van der Waals surface area contributed by atoms with Crippen molar-refractivity contribution in [2.45, 2.75) is 6.92 Å². The molecule has 0 N–H and O–H groups in total. The molecule has 0 fully saturated rings. The molecule has 0 bridgehead atoms. The van der Waals surface area contributed by atoms with Gasteiger partial charge >= 0.3 is 5.97 Å². The van der Waals surface area contributed by atoms with Crippen LogP contribution in [-0.2, 0) is 4.74 Å². The van der Waals surface area contributed by atoms with Gasteiger partial charge in [0.15, 0.2) is 0 Å². The summed E-state index contributed by atoms with van der Waals surface area (Å²) in [6.07, 6.45) is 0. The van der Waals surface area contributed by atoms with Crippen LogP contribution in [0.3, 0.4) is 0 Å². The summed E-state index contributed by atoms with van der Waals surface area (Å²) in [7, 11) is 1.29. The number of aryl methyl sites for hydroxylation is 1. The van der Waals surface area contributed by atoms with Crippen LogP contribution < -0.4 is 0 Å². The van der Waals surface area contributed by atoms with Crippen molar-refractivity contribution >= 4 is 29.2 Å². The van der Waals surface area contributed by atoms with Gasteiger partial charge in [0.05, 0.1) is 12.1 Å². The number of hydrogen-bond acceptors (Lipinski definition) is 4. The minimum Gasteiger partial charge on any atom is -0.465 e. The zero-order valence-corrected chi connectivity index (χ0v) is 11.2. The summed E-state index contributed by atoms with van der Waals surface area (Å²) in [4.78, 5) is 11.7. The summed E-state index contributed by atoms with van der Waals surface area (Å²) in [5.41, 5.74) is 1.18. The number of esters is 1. The Bertz CT molecular complexity index is 607. The van der Waals surface area contributed by atoms with Crippen LogP contribution in [0, 0.1) is 6.92 Å². The van der Waals surface area contributed by atoms with Crippen LogP contribution in [0.4, 0.5) is 0 Å². The molecule has 0 saturated carbocycles. The third-order valence-corrected chi connectivity index (χ3v) is 2.99. The molecule has 0 aliphatic carbocycles. The van der Waals surface area contributed by atoms with Crippen molar-refractivity contribution in [1.82, 2.24) is 5.16 Å². The van der Waals surface area contributed by atoms with E-state index in [1.54, 1.807) is 25.1 Å². The zero-order chi connectivity index (χ0) is 13.3. The summed E-state index contributed by atoms with van der Waals surface area (Å²) in [6, 6.07) is 4.91. The lowest BCUT2D eigenvalue weighted by atomic mass is 10.1. The number of methoxy groups -OCH3 is 1. The lowest BCUT2D eigenvalue weighted by Gasteiger charge is -2.03. The molecule has 0 spiro atoms. The lowest BCUT2D eigenvalue weighted by Crippen LogP contribution is -2.03. The molecular weight excluding hydrogens is 277 g/mol. The van der Waals surface area contributed by atoms with Crippen LogP contribution in [0.15, 0.2) is 22.7 Å². The fourth-order valence-electron chi connectivity index (χ4n) is 1.58. The van der Waals surface area contributed by atoms with Gasteiger partial charge in [0.1, 0.15) is 17.0 Å². The summed E-state index contributed by atoms with van der Waals surface area (Å²) in [5, 5.41) is 4.74. The molecule has 0 aliphatic rings. The number of carbonyl (C=O) groups is 1. The highest BCUT2D eigenvalue weighted by molar-refractivity contribution is 6.36. The zero-order valence-electron chi connectivity index (χ0n) is 9.66. The first-order chi connectivity index (χ1) is 8.54. The molecule has 2 aromatic rings. The van der Waals surface area contributed by atoms with Crippen LogP contribution in [0.25, 0.3) is 11.3 Å². The minimum absolute atomic E-state index is 0.265. The second kappa shape index (κ2) is 5.00. The average Bonchev–Trinajstić information content (AvgIpc) is 2.70. The molecular formula is C12H9Cl2NO3. The second-order valence-electron chi connectivity index (χ2n) is 3.58. The van der Waals surface area contributed by atoms with E-state index < -0.39 is 5.97 Å². The van der Waals surface area contributed by atoms with Crippen LogP contribution in [0.2, 0.25) is 10.0 Å². The number of aromatic nitrogens is 1. The van der Waals surface area contributed by atoms with Gasteiger partial charge in [-0.15, -0.1) is 0 Å². The van der Waals surface area contributed by atoms with Crippen molar-refractivity contribution in [1.29, 1.82) is 0 Å². The van der Waals surface area contributed by atoms with E-state index >= 15 is 0 Å². The lowest BCUT2D eigenvalue weighted by molar-refractivity contribution is 0.0599. The number of rotatable bonds is 2. The van der Waals surface area contributed by atoms with E-state index in [0.29, 0.717) is 27.1 Å². The SMILES string of the molecule is COC(=O)c1c(-c2ccc(Cl)cc2Cl)noc1C. The van der Waals surface area contributed by atoms with Gasteiger partial charge in [0, 0.05) is 10.6 Å². The van der Waals surface area contributed by atoms with Crippen molar-refractivity contribution in [3.63, 3.8) is 0 Å². The molecule has 0 unspecified atom stereocenters. The molecule has 0 aliphatic heterocycles. The van der Waals surface area contributed by atoms with E-state index in [-0.39, 0.29) is 5.56 Å². The third-order valence-electron chi connectivity index (χ3n) is 2.44. The molecule has 6 heteroatoms. The summed E-state index contributed by atoms with van der Waals surface area (Å²) < 4.78 is 9.71. The highest BCUT2D eigenvalue weighted by Gasteiger charge is 2.23. The Kier molecular flexibility index (Phi) is 3.59. The molecule has 18 heavy (non-hydrogen) atoms. The fourth-order valence-corrected chi connectivity index (χ4v) is 2.08. The summed E-state index contributed by atoms with van der Waals surface area (Å²) >= 11 is 11.9. The Hall–Kier alpha value is -1.52. The molecule has 1 aromatic heterocycles. The normalized spacial score (nSPS) is 10.4. The maximum absolute atomic E-state index is 11.7. The number of ether oxygens (including phenoxy) is 1. The number of hydrogen-bond donors (Lipinski definition) is 0. The van der Waals surface area contributed by atoms with Crippen LogP contribution in [-0.4, -0.2) is 18.2 Å². The maximum atomic E-state index is 11.7. The molecule has 94 valence electrons. The number of benzene rings is 1. The Morgan fingerprint density at radius 3 is 2.72 bits per heavy atom. The average molecular weight is 286 g/mol. The van der Waals surface area contributed by atoms with E-state index in [1.807, 2.05) is 0 Å². The first-order valence-electron chi connectivity index (χ1n) is 5.04. The summed E-state index contributed by atoms with van der Waals surface area (Å²) in [5.74, 6) is -0.141. The maximum Gasteiger partial charge on any atom is 0.343 e. The quantitative estimate of drug-likeness (QED) is 0.789. The van der Waals surface area contributed by atoms with Crippen molar-refractivity contribution < 1.29 is 14.1 Å². The molecule has 1 aromatic carbocycles. The van der Waals surface area contributed by atoms with E-state index in [9.17, 15) is 4.79 Å². The Morgan fingerprint density at radius 1 is 1.39 bits per heavy atom. The fraction of sp³-hybridized carbons (Fsp3) is 0.167. The number of halogens is 2. The molecule has 1 heterocycles. The van der Waals surface area contributed by atoms with Crippen molar-refractivity contribution in [2.24, 2.45) is 0 Å². The van der Waals surface area contributed by atoms with Gasteiger partial charge in [0.2, 0.25) is 0 Å².